The van der Waals surface area contributed by atoms with Crippen LogP contribution in [0.25, 0.3) is 0 Å². The quantitative estimate of drug-likeness (QED) is 0.776. The minimum atomic E-state index is 0.697. The van der Waals surface area contributed by atoms with E-state index in [-0.39, 0.29) is 0 Å². The minimum Gasteiger partial charge on any atom is -0.355 e. The van der Waals surface area contributed by atoms with E-state index in [4.69, 9.17) is 0 Å². The average molecular weight is 246 g/mol. The van der Waals surface area contributed by atoms with Crippen molar-refractivity contribution in [1.82, 2.24) is 0 Å². The van der Waals surface area contributed by atoms with E-state index in [1.807, 2.05) is 0 Å². The Labute approximate surface area is 111 Å². The van der Waals surface area contributed by atoms with Gasteiger partial charge in [0.05, 0.1) is 6.04 Å². The lowest BCUT2D eigenvalue weighted by Crippen LogP contribution is -2.75. The molecule has 0 heterocycles. The molecule has 1 heteroatoms. The smallest absolute Gasteiger partial charge is 0.0898 e. The van der Waals surface area contributed by atoms with E-state index in [1.54, 1.807) is 38.5 Å². The normalized spacial score (nSPS) is 64.7. The van der Waals surface area contributed by atoms with Crippen molar-refractivity contribution in [3.05, 3.63) is 0 Å². The Bertz CT molecular complexity index is 327. The summed E-state index contributed by atoms with van der Waals surface area (Å²) in [6.45, 7) is 2.37. The highest BCUT2D eigenvalue weighted by Gasteiger charge is 2.68. The Morgan fingerprint density at radius 2 is 1.33 bits per heavy atom. The number of quaternary nitrogens is 1. The molecule has 1 atom stereocenters. The molecule has 0 aromatic rings. The Kier molecular flexibility index (Phi) is 1.88. The maximum Gasteiger partial charge on any atom is 0.0898 e. The molecule has 0 aromatic heterocycles. The van der Waals surface area contributed by atoms with Gasteiger partial charge in [-0.05, 0) is 86.4 Å². The first-order valence-electron chi connectivity index (χ1n) is 8.55. The third-order valence-corrected chi connectivity index (χ3v) is 8.40. The molecule has 7 fully saturated rings. The topological polar surface area (TPSA) is 27.6 Å². The van der Waals surface area contributed by atoms with Gasteiger partial charge in [0.2, 0.25) is 0 Å². The second kappa shape index (κ2) is 3.16. The van der Waals surface area contributed by atoms with E-state index in [2.05, 4.69) is 12.7 Å². The summed E-state index contributed by atoms with van der Waals surface area (Å²) in [5.41, 5.74) is 5.28. The van der Waals surface area contributed by atoms with Crippen molar-refractivity contribution in [2.45, 2.75) is 57.9 Å². The van der Waals surface area contributed by atoms with Crippen molar-refractivity contribution >= 4 is 0 Å². The Morgan fingerprint density at radius 1 is 0.889 bits per heavy atom. The third kappa shape index (κ3) is 1.03. The molecule has 1 nitrogen and oxygen atoms in total. The molecule has 3 N–H and O–H groups in total. The van der Waals surface area contributed by atoms with Crippen molar-refractivity contribution < 1.29 is 5.73 Å². The van der Waals surface area contributed by atoms with Crippen LogP contribution in [-0.2, 0) is 0 Å². The summed E-state index contributed by atoms with van der Waals surface area (Å²) < 4.78 is 0. The number of hydrogen-bond donors (Lipinski definition) is 1. The highest BCUT2D eigenvalue weighted by atomic mass is 14.8. The highest BCUT2D eigenvalue weighted by Crippen LogP contribution is 2.74. The van der Waals surface area contributed by atoms with E-state index >= 15 is 0 Å². The van der Waals surface area contributed by atoms with Crippen molar-refractivity contribution in [1.29, 1.82) is 0 Å². The molecular formula is C17H28N+. The third-order valence-electron chi connectivity index (χ3n) is 8.40. The van der Waals surface area contributed by atoms with Crippen LogP contribution in [0.1, 0.15) is 51.9 Å². The van der Waals surface area contributed by atoms with Gasteiger partial charge in [-0.2, -0.15) is 0 Å². The molecule has 0 radical (unpaired) electrons. The van der Waals surface area contributed by atoms with Gasteiger partial charge in [0.15, 0.2) is 0 Å². The van der Waals surface area contributed by atoms with Crippen LogP contribution in [0.15, 0.2) is 0 Å². The molecule has 0 amide bonds. The Morgan fingerprint density at radius 3 is 1.72 bits per heavy atom. The summed E-state index contributed by atoms with van der Waals surface area (Å²) in [5.74, 6) is 8.09. The van der Waals surface area contributed by atoms with E-state index < -0.39 is 0 Å². The van der Waals surface area contributed by atoms with Crippen molar-refractivity contribution in [3.63, 3.8) is 0 Å². The average Bonchev–Trinajstić information content (AvgIpc) is 2.42. The SMILES string of the molecule is CCC([NH3+])C12CC3C4CC5CC3C(C1)C(C5)C4C2. The van der Waals surface area contributed by atoms with Gasteiger partial charge in [0.25, 0.3) is 0 Å². The van der Waals surface area contributed by atoms with Crippen molar-refractivity contribution in [2.24, 2.45) is 46.8 Å². The zero-order valence-electron chi connectivity index (χ0n) is 11.8. The van der Waals surface area contributed by atoms with E-state index in [0.717, 1.165) is 29.7 Å². The zero-order valence-corrected chi connectivity index (χ0v) is 11.8. The predicted octanol–water partition coefficient (Wildman–Crippen LogP) is 2.72. The lowest BCUT2D eigenvalue weighted by molar-refractivity contribution is -0.465. The lowest BCUT2D eigenvalue weighted by atomic mass is 9.32. The first-order valence-corrected chi connectivity index (χ1v) is 8.55. The maximum absolute atomic E-state index is 4.58. The predicted molar refractivity (Wildman–Crippen MR) is 71.5 cm³/mol. The van der Waals surface area contributed by atoms with Gasteiger partial charge in [-0.3, -0.25) is 0 Å². The van der Waals surface area contributed by atoms with Gasteiger partial charge in [-0.25, -0.2) is 0 Å². The van der Waals surface area contributed by atoms with Crippen LogP contribution in [0.3, 0.4) is 0 Å². The fourth-order valence-corrected chi connectivity index (χ4v) is 7.90. The van der Waals surface area contributed by atoms with Gasteiger partial charge in [-0.15, -0.1) is 0 Å². The summed E-state index contributed by atoms with van der Waals surface area (Å²) in [6.07, 6.45) is 10.9. The fraction of sp³-hybridized carbons (Fsp3) is 1.00. The first-order chi connectivity index (χ1) is 8.72. The van der Waals surface area contributed by atoms with Crippen LogP contribution < -0.4 is 5.73 Å². The number of rotatable bonds is 2. The fourth-order valence-electron chi connectivity index (χ4n) is 7.90. The second-order valence-electron chi connectivity index (χ2n) is 8.64. The van der Waals surface area contributed by atoms with Crippen molar-refractivity contribution in [2.75, 3.05) is 0 Å². The maximum atomic E-state index is 4.58. The van der Waals surface area contributed by atoms with E-state index in [0.29, 0.717) is 5.41 Å². The molecule has 1 unspecified atom stereocenters. The van der Waals surface area contributed by atoms with Gasteiger partial charge in [0, 0.05) is 5.41 Å². The first kappa shape index (κ1) is 10.7. The molecule has 18 heavy (non-hydrogen) atoms. The van der Waals surface area contributed by atoms with Gasteiger partial charge in [0.1, 0.15) is 0 Å². The van der Waals surface area contributed by atoms with Crippen LogP contribution in [0, 0.1) is 46.8 Å². The summed E-state index contributed by atoms with van der Waals surface area (Å²) >= 11 is 0. The monoisotopic (exact) mass is 246 g/mol. The molecule has 0 spiro atoms. The molecule has 0 aliphatic heterocycles. The van der Waals surface area contributed by atoms with Crippen LogP contribution in [0.2, 0.25) is 0 Å². The molecule has 7 aliphatic rings. The molecule has 0 saturated heterocycles. The van der Waals surface area contributed by atoms with Crippen LogP contribution in [0.4, 0.5) is 0 Å². The summed E-state index contributed by atoms with van der Waals surface area (Å²) in [4.78, 5) is 0. The second-order valence-corrected chi connectivity index (χ2v) is 8.64. The van der Waals surface area contributed by atoms with Crippen LogP contribution in [-0.4, -0.2) is 6.04 Å². The number of hydrogen-bond acceptors (Lipinski definition) is 0. The molecular weight excluding hydrogens is 218 g/mol. The zero-order chi connectivity index (χ0) is 12.1. The Balaban J connectivity index is 1.59. The molecule has 8 bridgehead atoms. The standard InChI is InChI=1S/C17H27N/c1-2-16(18)17-6-13-10-3-9-4-11(13)15(8-17)12(5-9)14(10)7-17/h9-16H,2-8,18H2,1H3/p+1. The van der Waals surface area contributed by atoms with Gasteiger partial charge < -0.3 is 5.73 Å². The molecule has 100 valence electrons. The van der Waals surface area contributed by atoms with Gasteiger partial charge >= 0.3 is 0 Å². The summed E-state index contributed by atoms with van der Waals surface area (Å²) in [5, 5.41) is 0. The van der Waals surface area contributed by atoms with E-state index in [1.165, 1.54) is 24.2 Å². The molecule has 7 rings (SSSR count). The lowest BCUT2D eigenvalue weighted by Gasteiger charge is -2.72. The molecule has 7 aliphatic carbocycles. The Hall–Kier alpha value is -0.0400. The molecule has 0 aromatic carbocycles. The van der Waals surface area contributed by atoms with Gasteiger partial charge in [-0.1, -0.05) is 6.92 Å². The van der Waals surface area contributed by atoms with Crippen molar-refractivity contribution in [3.8, 4) is 0 Å². The van der Waals surface area contributed by atoms with E-state index in [9.17, 15) is 0 Å². The van der Waals surface area contributed by atoms with Crippen LogP contribution >= 0.6 is 0 Å². The highest BCUT2D eigenvalue weighted by molar-refractivity contribution is 5.17. The molecule has 7 saturated carbocycles. The minimum absolute atomic E-state index is 0.697. The largest absolute Gasteiger partial charge is 0.355 e. The summed E-state index contributed by atoms with van der Waals surface area (Å²) in [6, 6.07) is 0.752. The van der Waals surface area contributed by atoms with Crippen LogP contribution in [0.5, 0.6) is 0 Å². The summed E-state index contributed by atoms with van der Waals surface area (Å²) in [7, 11) is 0.